The van der Waals surface area contributed by atoms with E-state index in [9.17, 15) is 14.9 Å². The van der Waals surface area contributed by atoms with E-state index < -0.39 is 16.6 Å². The number of nitrogens with zero attached hydrogens (tertiary/aromatic N) is 2. The third-order valence-corrected chi connectivity index (χ3v) is 1.44. The Hall–Kier alpha value is -2.12. The summed E-state index contributed by atoms with van der Waals surface area (Å²) in [7, 11) is 0. The summed E-state index contributed by atoms with van der Waals surface area (Å²) in [6, 6.07) is 0. The van der Waals surface area contributed by atoms with E-state index in [0.717, 1.165) is 6.20 Å². The summed E-state index contributed by atoms with van der Waals surface area (Å²) in [5, 5.41) is 18.5. The second-order valence-corrected chi connectivity index (χ2v) is 4.01. The Balaban J connectivity index is 2.70. The molecule has 0 aromatic carbocycles. The highest BCUT2D eigenvalue weighted by Crippen LogP contribution is 2.20. The van der Waals surface area contributed by atoms with Gasteiger partial charge in [-0.1, -0.05) is 0 Å². The van der Waals surface area contributed by atoms with Gasteiger partial charge in [0.15, 0.2) is 0 Å². The molecule has 1 amide bonds. The number of nitrogens with one attached hydrogen (secondary N) is 2. The number of hydrogen-bond donors (Lipinski definition) is 2. The maximum Gasteiger partial charge on any atom is 0.413 e. The molecule has 0 aliphatic heterocycles. The zero-order valence-electron chi connectivity index (χ0n) is 9.10. The fraction of sp³-hybridized carbons (Fsp3) is 0.500. The Kier molecular flexibility index (Phi) is 3.11. The van der Waals surface area contributed by atoms with Gasteiger partial charge in [0.05, 0.1) is 4.92 Å². The molecule has 0 saturated heterocycles. The number of amides is 1. The maximum atomic E-state index is 11.3. The minimum absolute atomic E-state index is 0.0979. The first-order valence-electron chi connectivity index (χ1n) is 4.47. The summed E-state index contributed by atoms with van der Waals surface area (Å²) < 4.78 is 4.93. The highest BCUT2D eigenvalue weighted by atomic mass is 16.6. The number of carbonyl (C=O) groups excluding carboxylic acids is 1. The van der Waals surface area contributed by atoms with E-state index in [2.05, 4.69) is 15.5 Å². The van der Waals surface area contributed by atoms with Gasteiger partial charge in [0, 0.05) is 0 Å². The third kappa shape index (κ3) is 3.23. The quantitative estimate of drug-likeness (QED) is 0.590. The summed E-state index contributed by atoms with van der Waals surface area (Å²) in [4.78, 5) is 21.1. The predicted molar refractivity (Wildman–Crippen MR) is 55.1 cm³/mol. The highest BCUT2D eigenvalue weighted by molar-refractivity contribution is 5.86. The predicted octanol–water partition coefficient (Wildman–Crippen LogP) is 1.66. The number of aromatic amines is 1. The molecular formula is C8H12N4O4. The van der Waals surface area contributed by atoms with Gasteiger partial charge < -0.3 is 4.74 Å². The van der Waals surface area contributed by atoms with Gasteiger partial charge in [0.25, 0.3) is 0 Å². The van der Waals surface area contributed by atoms with Gasteiger partial charge in [-0.25, -0.2) is 4.79 Å². The minimum Gasteiger partial charge on any atom is -0.444 e. The molecule has 1 heterocycles. The van der Waals surface area contributed by atoms with Gasteiger partial charge in [-0.2, -0.15) is 5.10 Å². The normalized spacial score (nSPS) is 10.9. The fourth-order valence-corrected chi connectivity index (χ4v) is 0.916. The largest absolute Gasteiger partial charge is 0.444 e. The van der Waals surface area contributed by atoms with Crippen LogP contribution < -0.4 is 5.32 Å². The molecule has 2 N–H and O–H groups in total. The highest BCUT2D eigenvalue weighted by Gasteiger charge is 2.21. The molecular weight excluding hydrogens is 216 g/mol. The molecule has 88 valence electrons. The summed E-state index contributed by atoms with van der Waals surface area (Å²) in [5.74, 6) is -0.0979. The van der Waals surface area contributed by atoms with Crippen LogP contribution in [0.5, 0.6) is 0 Å². The molecule has 0 saturated carbocycles. The van der Waals surface area contributed by atoms with Crippen LogP contribution in [0.1, 0.15) is 20.8 Å². The molecule has 16 heavy (non-hydrogen) atoms. The Bertz CT molecular complexity index is 406. The second-order valence-electron chi connectivity index (χ2n) is 4.01. The van der Waals surface area contributed by atoms with Crippen LogP contribution in [0.4, 0.5) is 16.3 Å². The Labute approximate surface area is 91.1 Å². The van der Waals surface area contributed by atoms with Crippen molar-refractivity contribution in [1.82, 2.24) is 10.2 Å². The third-order valence-electron chi connectivity index (χ3n) is 1.44. The van der Waals surface area contributed by atoms with Crippen molar-refractivity contribution in [3.05, 3.63) is 16.3 Å². The number of anilines is 1. The average Bonchev–Trinajstić information content (AvgIpc) is 2.47. The number of rotatable bonds is 2. The Morgan fingerprint density at radius 2 is 2.25 bits per heavy atom. The van der Waals surface area contributed by atoms with Crippen molar-refractivity contribution in [2.24, 2.45) is 0 Å². The molecule has 0 bridgehead atoms. The summed E-state index contributed by atoms with van der Waals surface area (Å²) in [6.07, 6.45) is 0.229. The van der Waals surface area contributed by atoms with E-state index in [-0.39, 0.29) is 11.5 Å². The van der Waals surface area contributed by atoms with Crippen molar-refractivity contribution in [1.29, 1.82) is 0 Å². The van der Waals surface area contributed by atoms with Crippen LogP contribution in [0.2, 0.25) is 0 Å². The average molecular weight is 228 g/mol. The Morgan fingerprint density at radius 3 is 2.75 bits per heavy atom. The van der Waals surface area contributed by atoms with Crippen LogP contribution in [-0.4, -0.2) is 26.8 Å². The first-order chi connectivity index (χ1) is 7.29. The molecule has 0 aliphatic rings. The second kappa shape index (κ2) is 4.17. The molecule has 0 unspecified atom stereocenters. The van der Waals surface area contributed by atoms with Crippen LogP contribution in [0.15, 0.2) is 6.20 Å². The van der Waals surface area contributed by atoms with Crippen LogP contribution in [0.3, 0.4) is 0 Å². The molecule has 1 rings (SSSR count). The number of carbonyl (C=O) groups is 1. The van der Waals surface area contributed by atoms with Crippen LogP contribution in [0.25, 0.3) is 0 Å². The SMILES string of the molecule is CC(C)(C)OC(=O)Nc1[nH]ncc1[N+](=O)[O-]. The first-order valence-corrected chi connectivity index (χ1v) is 4.47. The zero-order chi connectivity index (χ0) is 12.3. The summed E-state index contributed by atoms with van der Waals surface area (Å²) in [5.41, 5.74) is -0.982. The zero-order valence-corrected chi connectivity index (χ0v) is 9.10. The van der Waals surface area contributed by atoms with Crippen molar-refractivity contribution in [3.63, 3.8) is 0 Å². The van der Waals surface area contributed by atoms with E-state index in [4.69, 9.17) is 4.74 Å². The van der Waals surface area contributed by atoms with E-state index in [1.165, 1.54) is 0 Å². The standard InChI is InChI=1S/C8H12N4O4/c1-8(2,3)16-7(13)10-6-5(12(14)15)4-9-11-6/h4H,1-3H3,(H2,9,10,11,13). The van der Waals surface area contributed by atoms with Crippen molar-refractivity contribution in [3.8, 4) is 0 Å². The molecule has 1 aromatic rings. The van der Waals surface area contributed by atoms with Crippen molar-refractivity contribution in [2.75, 3.05) is 5.32 Å². The maximum absolute atomic E-state index is 11.3. The van der Waals surface area contributed by atoms with Crippen molar-refractivity contribution in [2.45, 2.75) is 26.4 Å². The Morgan fingerprint density at radius 1 is 1.62 bits per heavy atom. The molecule has 0 fully saturated rings. The van der Waals surface area contributed by atoms with Gasteiger partial charge >= 0.3 is 11.8 Å². The van der Waals surface area contributed by atoms with E-state index in [1.807, 2.05) is 0 Å². The van der Waals surface area contributed by atoms with E-state index in [0.29, 0.717) is 0 Å². The number of aromatic nitrogens is 2. The molecule has 0 aliphatic carbocycles. The number of H-pyrrole nitrogens is 1. The smallest absolute Gasteiger partial charge is 0.413 e. The lowest BCUT2D eigenvalue weighted by atomic mass is 10.2. The number of ether oxygens (including phenoxy) is 1. The van der Waals surface area contributed by atoms with Crippen LogP contribution in [-0.2, 0) is 4.74 Å². The van der Waals surface area contributed by atoms with Gasteiger partial charge in [0.1, 0.15) is 11.8 Å². The molecule has 1 aromatic heterocycles. The summed E-state index contributed by atoms with van der Waals surface area (Å²) in [6.45, 7) is 5.07. The van der Waals surface area contributed by atoms with Crippen LogP contribution >= 0.6 is 0 Å². The minimum atomic E-state index is -0.778. The molecule has 8 heteroatoms. The molecule has 0 atom stereocenters. The van der Waals surface area contributed by atoms with Crippen molar-refractivity contribution >= 4 is 17.6 Å². The first kappa shape index (κ1) is 12.0. The monoisotopic (exact) mass is 228 g/mol. The van der Waals surface area contributed by atoms with E-state index in [1.54, 1.807) is 20.8 Å². The topological polar surface area (TPSA) is 110 Å². The van der Waals surface area contributed by atoms with E-state index >= 15 is 0 Å². The lowest BCUT2D eigenvalue weighted by molar-refractivity contribution is -0.383. The van der Waals surface area contributed by atoms with Crippen molar-refractivity contribution < 1.29 is 14.5 Å². The molecule has 0 radical (unpaired) electrons. The van der Waals surface area contributed by atoms with Gasteiger partial charge in [-0.3, -0.25) is 20.5 Å². The number of hydrogen-bond acceptors (Lipinski definition) is 5. The van der Waals surface area contributed by atoms with Gasteiger partial charge in [-0.05, 0) is 20.8 Å². The van der Waals surface area contributed by atoms with Gasteiger partial charge in [0.2, 0.25) is 5.82 Å². The van der Waals surface area contributed by atoms with Crippen LogP contribution in [0, 0.1) is 10.1 Å². The molecule has 0 spiro atoms. The number of nitro groups is 1. The van der Waals surface area contributed by atoms with Gasteiger partial charge in [-0.15, -0.1) is 0 Å². The lowest BCUT2D eigenvalue weighted by Gasteiger charge is -2.18. The fourth-order valence-electron chi connectivity index (χ4n) is 0.916. The summed E-state index contributed by atoms with van der Waals surface area (Å²) >= 11 is 0. The molecule has 8 nitrogen and oxygen atoms in total. The lowest BCUT2D eigenvalue weighted by Crippen LogP contribution is -2.27.